The summed E-state index contributed by atoms with van der Waals surface area (Å²) in [6.07, 6.45) is 0.682. The Kier molecular flexibility index (Phi) is 6.19. The summed E-state index contributed by atoms with van der Waals surface area (Å²) in [4.78, 5) is 26.0. The smallest absolute Gasteiger partial charge is 0.265 e. The fourth-order valence-electron chi connectivity index (χ4n) is 2.93. The van der Waals surface area contributed by atoms with Crippen LogP contribution in [-0.4, -0.2) is 31.6 Å². The summed E-state index contributed by atoms with van der Waals surface area (Å²) in [5.74, 6) is 1.18. The number of nitrogens with zero attached hydrogens (tertiary/aromatic N) is 1. The number of carbonyl (C=O) groups is 2. The fourth-order valence-corrected chi connectivity index (χ4v) is 2.93. The van der Waals surface area contributed by atoms with Gasteiger partial charge in [-0.2, -0.15) is 0 Å². The molecule has 0 fully saturated rings. The van der Waals surface area contributed by atoms with E-state index in [2.05, 4.69) is 5.32 Å². The Balaban J connectivity index is 1.64. The Morgan fingerprint density at radius 2 is 2.07 bits per heavy atom. The number of hydrogen-bond donors (Lipinski definition) is 1. The van der Waals surface area contributed by atoms with Gasteiger partial charge in [-0.05, 0) is 49.2 Å². The number of fused-ring (bicyclic) bond motifs is 1. The number of amides is 2. The largest absolute Gasteiger partial charge is 0.494 e. The van der Waals surface area contributed by atoms with Gasteiger partial charge in [0.25, 0.3) is 5.91 Å². The van der Waals surface area contributed by atoms with Gasteiger partial charge in [0.05, 0.1) is 12.3 Å². The zero-order valence-corrected chi connectivity index (χ0v) is 16.5. The number of aryl methyl sites for hydroxylation is 1. The predicted molar refractivity (Wildman–Crippen MR) is 109 cm³/mol. The van der Waals surface area contributed by atoms with Gasteiger partial charge in [0.2, 0.25) is 5.91 Å². The highest BCUT2D eigenvalue weighted by molar-refractivity contribution is 5.99. The molecule has 0 saturated heterocycles. The van der Waals surface area contributed by atoms with Crippen LogP contribution in [0.3, 0.4) is 0 Å². The minimum Gasteiger partial charge on any atom is -0.494 e. The van der Waals surface area contributed by atoms with E-state index in [4.69, 9.17) is 9.47 Å². The highest BCUT2D eigenvalue weighted by Crippen LogP contribution is 2.34. The van der Waals surface area contributed by atoms with Crippen molar-refractivity contribution in [2.75, 3.05) is 30.0 Å². The van der Waals surface area contributed by atoms with Gasteiger partial charge in [-0.3, -0.25) is 9.59 Å². The highest BCUT2D eigenvalue weighted by atomic mass is 16.5. The second-order valence-corrected chi connectivity index (χ2v) is 7.18. The summed E-state index contributed by atoms with van der Waals surface area (Å²) in [6.45, 7) is 6.73. The quantitative estimate of drug-likeness (QED) is 0.740. The van der Waals surface area contributed by atoms with E-state index in [1.807, 2.05) is 45.0 Å². The lowest BCUT2D eigenvalue weighted by Crippen LogP contribution is -2.39. The van der Waals surface area contributed by atoms with Gasteiger partial charge in [0.15, 0.2) is 6.61 Å². The molecule has 148 valence electrons. The Labute approximate surface area is 165 Å². The third kappa shape index (κ3) is 4.82. The Hall–Kier alpha value is -3.02. The van der Waals surface area contributed by atoms with Crippen LogP contribution in [-0.2, 0) is 9.59 Å². The summed E-state index contributed by atoms with van der Waals surface area (Å²) in [5.41, 5.74) is 2.47. The average Bonchev–Trinajstić information content (AvgIpc) is 2.66. The van der Waals surface area contributed by atoms with E-state index in [0.717, 1.165) is 11.3 Å². The number of ether oxygens (including phenoxy) is 2. The molecule has 28 heavy (non-hydrogen) atoms. The number of carbonyl (C=O) groups excluding carboxylic acids is 2. The van der Waals surface area contributed by atoms with Crippen molar-refractivity contribution >= 4 is 23.2 Å². The summed E-state index contributed by atoms with van der Waals surface area (Å²) in [7, 11) is 0. The molecule has 0 atom stereocenters. The molecular weight excluding hydrogens is 356 g/mol. The van der Waals surface area contributed by atoms with Crippen molar-refractivity contribution in [2.45, 2.75) is 27.2 Å². The lowest BCUT2D eigenvalue weighted by Gasteiger charge is -2.30. The molecule has 0 unspecified atom stereocenters. The molecule has 2 aromatic carbocycles. The third-order valence-corrected chi connectivity index (χ3v) is 4.48. The number of anilines is 2. The van der Waals surface area contributed by atoms with Crippen LogP contribution in [0.5, 0.6) is 11.5 Å². The monoisotopic (exact) mass is 382 g/mol. The third-order valence-electron chi connectivity index (χ3n) is 4.48. The summed E-state index contributed by atoms with van der Waals surface area (Å²) in [6, 6.07) is 13.2. The van der Waals surface area contributed by atoms with Gasteiger partial charge in [0, 0.05) is 18.2 Å². The summed E-state index contributed by atoms with van der Waals surface area (Å²) < 4.78 is 11.3. The Morgan fingerprint density at radius 3 is 2.82 bits per heavy atom. The second-order valence-electron chi connectivity index (χ2n) is 7.18. The van der Waals surface area contributed by atoms with Crippen LogP contribution in [0.2, 0.25) is 0 Å². The standard InChI is InChI=1S/C22H26N2O4/c1-15(2)22(26)23-17-8-9-20-19(13-17)24(21(25)14-28-20)10-5-11-27-18-7-4-6-16(3)12-18/h4,6-9,12-13,15H,5,10-11,14H2,1-3H3,(H,23,26). The van der Waals surface area contributed by atoms with Crippen LogP contribution >= 0.6 is 0 Å². The first-order valence-electron chi connectivity index (χ1n) is 9.51. The van der Waals surface area contributed by atoms with Gasteiger partial charge < -0.3 is 19.7 Å². The van der Waals surface area contributed by atoms with E-state index in [-0.39, 0.29) is 24.3 Å². The molecule has 6 heteroatoms. The number of nitrogens with one attached hydrogen (secondary N) is 1. The Morgan fingerprint density at radius 1 is 1.25 bits per heavy atom. The average molecular weight is 382 g/mol. The maximum absolute atomic E-state index is 12.4. The summed E-state index contributed by atoms with van der Waals surface area (Å²) >= 11 is 0. The molecule has 2 aromatic rings. The van der Waals surface area contributed by atoms with Crippen LogP contribution in [0, 0.1) is 12.8 Å². The van der Waals surface area contributed by atoms with E-state index in [9.17, 15) is 9.59 Å². The van der Waals surface area contributed by atoms with Gasteiger partial charge in [0.1, 0.15) is 11.5 Å². The van der Waals surface area contributed by atoms with Crippen molar-refractivity contribution < 1.29 is 19.1 Å². The van der Waals surface area contributed by atoms with E-state index in [1.165, 1.54) is 0 Å². The van der Waals surface area contributed by atoms with Gasteiger partial charge in [-0.25, -0.2) is 0 Å². The fraction of sp³-hybridized carbons (Fsp3) is 0.364. The second kappa shape index (κ2) is 8.78. The molecule has 1 aliphatic rings. The van der Waals surface area contributed by atoms with E-state index in [1.54, 1.807) is 23.1 Å². The maximum Gasteiger partial charge on any atom is 0.265 e. The molecule has 0 aromatic heterocycles. The topological polar surface area (TPSA) is 67.9 Å². The van der Waals surface area contributed by atoms with Crippen molar-refractivity contribution in [3.8, 4) is 11.5 Å². The highest BCUT2D eigenvalue weighted by Gasteiger charge is 2.25. The van der Waals surface area contributed by atoms with Crippen LogP contribution in [0.15, 0.2) is 42.5 Å². The first kappa shape index (κ1) is 19.7. The van der Waals surface area contributed by atoms with Crippen molar-refractivity contribution in [3.05, 3.63) is 48.0 Å². The van der Waals surface area contributed by atoms with E-state index < -0.39 is 0 Å². The molecule has 0 spiro atoms. The first-order chi connectivity index (χ1) is 13.4. The lowest BCUT2D eigenvalue weighted by molar-refractivity contribution is -0.121. The van der Waals surface area contributed by atoms with Crippen LogP contribution in [0.4, 0.5) is 11.4 Å². The number of hydrogen-bond acceptors (Lipinski definition) is 4. The molecule has 0 aliphatic carbocycles. The predicted octanol–water partition coefficient (Wildman–Crippen LogP) is 3.78. The van der Waals surface area contributed by atoms with E-state index in [0.29, 0.717) is 36.7 Å². The van der Waals surface area contributed by atoms with Crippen LogP contribution < -0.4 is 19.7 Å². The SMILES string of the molecule is Cc1cccc(OCCCN2C(=O)COc3ccc(NC(=O)C(C)C)cc32)c1. The molecule has 1 heterocycles. The van der Waals surface area contributed by atoms with Gasteiger partial charge >= 0.3 is 0 Å². The molecule has 2 amide bonds. The van der Waals surface area contributed by atoms with Crippen molar-refractivity contribution in [1.29, 1.82) is 0 Å². The first-order valence-corrected chi connectivity index (χ1v) is 9.51. The molecule has 3 rings (SSSR count). The van der Waals surface area contributed by atoms with E-state index >= 15 is 0 Å². The van der Waals surface area contributed by atoms with Gasteiger partial charge in [-0.1, -0.05) is 26.0 Å². The zero-order valence-electron chi connectivity index (χ0n) is 16.5. The molecule has 0 bridgehead atoms. The Bertz CT molecular complexity index is 863. The minimum absolute atomic E-state index is 0.0173. The number of benzene rings is 2. The van der Waals surface area contributed by atoms with Crippen molar-refractivity contribution in [1.82, 2.24) is 0 Å². The molecule has 0 saturated carbocycles. The lowest BCUT2D eigenvalue weighted by atomic mass is 10.1. The zero-order chi connectivity index (χ0) is 20.1. The molecule has 0 radical (unpaired) electrons. The van der Waals surface area contributed by atoms with Crippen molar-refractivity contribution in [3.63, 3.8) is 0 Å². The van der Waals surface area contributed by atoms with Crippen LogP contribution in [0.1, 0.15) is 25.8 Å². The molecule has 1 aliphatic heterocycles. The van der Waals surface area contributed by atoms with Crippen molar-refractivity contribution in [2.24, 2.45) is 5.92 Å². The normalized spacial score (nSPS) is 13.1. The molecular formula is C22H26N2O4. The maximum atomic E-state index is 12.4. The molecule has 1 N–H and O–H groups in total. The number of rotatable bonds is 7. The minimum atomic E-state index is -0.121. The van der Waals surface area contributed by atoms with Crippen LogP contribution in [0.25, 0.3) is 0 Å². The molecule has 6 nitrogen and oxygen atoms in total. The van der Waals surface area contributed by atoms with Gasteiger partial charge in [-0.15, -0.1) is 0 Å². The summed E-state index contributed by atoms with van der Waals surface area (Å²) in [5, 5.41) is 2.86.